The maximum atomic E-state index is 11.5. The molecule has 7 heteroatoms. The first-order valence-electron chi connectivity index (χ1n) is 5.50. The number of hydrogen-bond acceptors (Lipinski definition) is 4. The van der Waals surface area contributed by atoms with Crippen LogP contribution in [0.15, 0.2) is 10.8 Å². The Hall–Kier alpha value is -0.530. The van der Waals surface area contributed by atoms with E-state index in [9.17, 15) is 4.21 Å². The van der Waals surface area contributed by atoms with E-state index in [-0.39, 0.29) is 5.92 Å². The number of aromatic nitrogens is 2. The van der Waals surface area contributed by atoms with Crippen LogP contribution in [0.1, 0.15) is 38.8 Å². The topological polar surface area (TPSA) is 78.1 Å². The van der Waals surface area contributed by atoms with E-state index in [4.69, 9.17) is 9.88 Å². The molecule has 18 heavy (non-hydrogen) atoms. The molecule has 102 valence electrons. The molecule has 0 aliphatic heterocycles. The predicted octanol–water partition coefficient (Wildman–Crippen LogP) is 2.14. The van der Waals surface area contributed by atoms with Crippen molar-refractivity contribution in [1.82, 2.24) is 9.97 Å². The lowest BCUT2D eigenvalue weighted by Gasteiger charge is -2.25. The van der Waals surface area contributed by atoms with Gasteiger partial charge in [-0.1, -0.05) is 6.92 Å². The molecule has 1 rings (SSSR count). The minimum Gasteiger partial charge on any atom is -0.480 e. The summed E-state index contributed by atoms with van der Waals surface area (Å²) in [6, 6.07) is 0. The average molecular weight is 336 g/mol. The van der Waals surface area contributed by atoms with E-state index in [1.54, 1.807) is 13.3 Å². The van der Waals surface area contributed by atoms with Gasteiger partial charge >= 0.3 is 0 Å². The van der Waals surface area contributed by atoms with E-state index in [1.165, 1.54) is 0 Å². The summed E-state index contributed by atoms with van der Waals surface area (Å²) in [6.45, 7) is 5.74. The van der Waals surface area contributed by atoms with Crippen LogP contribution in [0.4, 0.5) is 0 Å². The van der Waals surface area contributed by atoms with Gasteiger partial charge in [-0.05, 0) is 36.2 Å². The van der Waals surface area contributed by atoms with Crippen molar-refractivity contribution in [3.8, 4) is 5.88 Å². The lowest BCUT2D eigenvalue weighted by atomic mass is 9.95. The van der Waals surface area contributed by atoms with Gasteiger partial charge in [0.2, 0.25) is 5.88 Å². The molecule has 0 bridgehead atoms. The second-order valence-electron chi connectivity index (χ2n) is 4.75. The molecule has 1 aromatic heterocycles. The molecule has 5 nitrogen and oxygen atoms in total. The molecule has 0 aliphatic rings. The van der Waals surface area contributed by atoms with Crippen molar-refractivity contribution in [2.45, 2.75) is 37.9 Å². The van der Waals surface area contributed by atoms with Gasteiger partial charge < -0.3 is 4.74 Å². The van der Waals surface area contributed by atoms with Crippen molar-refractivity contribution in [1.29, 1.82) is 0 Å². The normalized spacial score (nSPS) is 15.2. The van der Waals surface area contributed by atoms with Crippen LogP contribution in [0, 0.1) is 0 Å². The lowest BCUT2D eigenvalue weighted by molar-refractivity contribution is 0.380. The molecule has 0 aromatic carbocycles. The van der Waals surface area contributed by atoms with Gasteiger partial charge in [0.25, 0.3) is 0 Å². The first kappa shape index (κ1) is 15.5. The number of halogens is 1. The molecule has 0 amide bonds. The summed E-state index contributed by atoms with van der Waals surface area (Å²) in [4.78, 5) is 8.53. The lowest BCUT2D eigenvalue weighted by Crippen LogP contribution is -2.33. The van der Waals surface area contributed by atoms with Crippen LogP contribution in [0.2, 0.25) is 0 Å². The molecule has 2 N–H and O–H groups in total. The van der Waals surface area contributed by atoms with Gasteiger partial charge in [-0.3, -0.25) is 10.1 Å². The number of nitrogens with zero attached hydrogens (tertiary/aromatic N) is 2. The SMILES string of the molecule is COc1nc(Br)cnc1[C@H](C)CC(C)(C)S(N)=O. The Balaban J connectivity index is 2.97. The van der Waals surface area contributed by atoms with Gasteiger partial charge in [0, 0.05) is 5.92 Å². The zero-order chi connectivity index (χ0) is 13.9. The van der Waals surface area contributed by atoms with E-state index in [0.717, 1.165) is 5.69 Å². The Kier molecular flexibility index (Phi) is 5.24. The van der Waals surface area contributed by atoms with E-state index >= 15 is 0 Å². The van der Waals surface area contributed by atoms with Gasteiger partial charge in [-0.15, -0.1) is 0 Å². The molecule has 0 radical (unpaired) electrons. The minimum absolute atomic E-state index is 0.0584. The van der Waals surface area contributed by atoms with E-state index < -0.39 is 15.7 Å². The number of rotatable bonds is 5. The fraction of sp³-hybridized carbons (Fsp3) is 0.636. The summed E-state index contributed by atoms with van der Waals surface area (Å²) in [5, 5.41) is 5.49. The van der Waals surface area contributed by atoms with Crippen molar-refractivity contribution < 1.29 is 8.95 Å². The Morgan fingerprint density at radius 2 is 2.22 bits per heavy atom. The average Bonchev–Trinajstić information content (AvgIpc) is 2.27. The van der Waals surface area contributed by atoms with Crippen LogP contribution in [0.3, 0.4) is 0 Å². The smallest absolute Gasteiger partial charge is 0.236 e. The molecule has 1 unspecified atom stereocenters. The summed E-state index contributed by atoms with van der Waals surface area (Å²) >= 11 is 3.25. The molecule has 0 saturated heterocycles. The van der Waals surface area contributed by atoms with Gasteiger partial charge in [0.1, 0.15) is 10.3 Å². The predicted molar refractivity (Wildman–Crippen MR) is 75.7 cm³/mol. The molecule has 2 atom stereocenters. The fourth-order valence-corrected chi connectivity index (χ4v) is 2.44. The van der Waals surface area contributed by atoms with Gasteiger partial charge in [-0.2, -0.15) is 0 Å². The highest BCUT2D eigenvalue weighted by Gasteiger charge is 2.28. The highest BCUT2D eigenvalue weighted by molar-refractivity contribution is 9.10. The number of hydrogen-bond donors (Lipinski definition) is 1. The zero-order valence-corrected chi connectivity index (χ0v) is 13.3. The first-order chi connectivity index (χ1) is 8.27. The van der Waals surface area contributed by atoms with Crippen molar-refractivity contribution in [3.63, 3.8) is 0 Å². The maximum absolute atomic E-state index is 11.5. The minimum atomic E-state index is -1.38. The first-order valence-corrected chi connectivity index (χ1v) is 7.51. The zero-order valence-electron chi connectivity index (χ0n) is 10.9. The summed E-state index contributed by atoms with van der Waals surface area (Å²) in [5.74, 6) is 0.540. The van der Waals surface area contributed by atoms with Crippen LogP contribution in [-0.2, 0) is 11.0 Å². The second kappa shape index (κ2) is 6.08. The quantitative estimate of drug-likeness (QED) is 0.894. The van der Waals surface area contributed by atoms with E-state index in [0.29, 0.717) is 16.9 Å². The highest BCUT2D eigenvalue weighted by Crippen LogP contribution is 2.31. The summed E-state index contributed by atoms with van der Waals surface area (Å²) in [6.07, 6.45) is 2.27. The Bertz CT molecular complexity index is 454. The number of ether oxygens (including phenoxy) is 1. The third kappa shape index (κ3) is 3.73. The van der Waals surface area contributed by atoms with Crippen LogP contribution in [0.5, 0.6) is 5.88 Å². The standard InChI is InChI=1S/C11H18BrN3O2S/c1-7(5-11(2,3)18(13)16)9-10(17-4)15-8(12)6-14-9/h6-7H,5,13H2,1-4H3/t7-,18?/m1/s1. The molecular weight excluding hydrogens is 318 g/mol. The van der Waals surface area contributed by atoms with Crippen LogP contribution in [0.25, 0.3) is 0 Å². The number of methoxy groups -OCH3 is 1. The summed E-state index contributed by atoms with van der Waals surface area (Å²) in [7, 11) is 0.173. The third-order valence-electron chi connectivity index (χ3n) is 2.74. The largest absolute Gasteiger partial charge is 0.480 e. The van der Waals surface area contributed by atoms with Crippen molar-refractivity contribution >= 4 is 26.9 Å². The van der Waals surface area contributed by atoms with Crippen molar-refractivity contribution in [3.05, 3.63) is 16.5 Å². The van der Waals surface area contributed by atoms with Crippen molar-refractivity contribution in [2.75, 3.05) is 7.11 Å². The Labute approximate surface area is 118 Å². The molecule has 1 heterocycles. The molecule has 1 aromatic rings. The molecule has 0 spiro atoms. The molecule has 0 saturated carbocycles. The maximum Gasteiger partial charge on any atom is 0.236 e. The van der Waals surface area contributed by atoms with Gasteiger partial charge in [0.15, 0.2) is 0 Å². The highest BCUT2D eigenvalue weighted by atomic mass is 79.9. The molecule has 0 aliphatic carbocycles. The van der Waals surface area contributed by atoms with Crippen molar-refractivity contribution in [2.24, 2.45) is 5.14 Å². The Morgan fingerprint density at radius 3 is 2.72 bits per heavy atom. The monoisotopic (exact) mass is 335 g/mol. The van der Waals surface area contributed by atoms with Crippen LogP contribution < -0.4 is 9.88 Å². The summed E-state index contributed by atoms with van der Waals surface area (Å²) < 4.78 is 16.8. The Morgan fingerprint density at radius 1 is 1.61 bits per heavy atom. The van der Waals surface area contributed by atoms with Gasteiger partial charge in [-0.25, -0.2) is 9.19 Å². The molecular formula is C11H18BrN3O2S. The third-order valence-corrected chi connectivity index (χ3v) is 4.38. The number of nitrogens with two attached hydrogens (primary N) is 1. The van der Waals surface area contributed by atoms with E-state index in [2.05, 4.69) is 25.9 Å². The van der Waals surface area contributed by atoms with Crippen LogP contribution in [-0.4, -0.2) is 26.0 Å². The van der Waals surface area contributed by atoms with E-state index in [1.807, 2.05) is 20.8 Å². The van der Waals surface area contributed by atoms with Gasteiger partial charge in [0.05, 0.1) is 29.0 Å². The summed E-state index contributed by atoms with van der Waals surface area (Å²) in [5.41, 5.74) is 0.749. The second-order valence-corrected chi connectivity index (χ2v) is 7.26. The van der Waals surface area contributed by atoms with Crippen LogP contribution >= 0.6 is 15.9 Å². The fourth-order valence-electron chi connectivity index (χ4n) is 1.77. The molecule has 0 fully saturated rings.